The van der Waals surface area contributed by atoms with Gasteiger partial charge in [0, 0.05) is 30.7 Å². The molecule has 0 aromatic carbocycles. The molecule has 0 radical (unpaired) electrons. The summed E-state index contributed by atoms with van der Waals surface area (Å²) in [6.45, 7) is 4.02. The van der Waals surface area contributed by atoms with Crippen LogP contribution < -0.4 is 4.90 Å². The molecule has 1 saturated heterocycles. The van der Waals surface area contributed by atoms with Crippen molar-refractivity contribution in [2.45, 2.75) is 25.0 Å². The van der Waals surface area contributed by atoms with Crippen molar-refractivity contribution < 1.29 is 0 Å². The normalized spacial score (nSPS) is 22.4. The molecule has 76 valence electrons. The van der Waals surface area contributed by atoms with Crippen LogP contribution in [0.25, 0.3) is 0 Å². The molecule has 2 rings (SSSR count). The Balaban J connectivity index is 2.10. The summed E-state index contributed by atoms with van der Waals surface area (Å²) in [5, 5.41) is 0.466. The van der Waals surface area contributed by atoms with Gasteiger partial charge in [-0.25, -0.2) is 9.97 Å². The standard InChI is InChI=1S/C10H15N3S/c1-8-5-11-10(12-6-8)13-4-2-3-9(14)7-13/h5-6,9,14H,2-4,7H2,1H3. The van der Waals surface area contributed by atoms with Gasteiger partial charge in [0.2, 0.25) is 5.95 Å². The largest absolute Gasteiger partial charge is 0.340 e. The van der Waals surface area contributed by atoms with Crippen LogP contribution in [0.15, 0.2) is 12.4 Å². The molecule has 1 aliphatic heterocycles. The van der Waals surface area contributed by atoms with E-state index in [1.165, 1.54) is 12.8 Å². The summed E-state index contributed by atoms with van der Waals surface area (Å²) in [6.07, 6.45) is 6.12. The van der Waals surface area contributed by atoms with Crippen molar-refractivity contribution in [3.05, 3.63) is 18.0 Å². The second-order valence-corrected chi connectivity index (χ2v) is 4.53. The Morgan fingerprint density at radius 1 is 1.43 bits per heavy atom. The van der Waals surface area contributed by atoms with Crippen molar-refractivity contribution in [1.29, 1.82) is 0 Å². The lowest BCUT2D eigenvalue weighted by molar-refractivity contribution is 0.582. The summed E-state index contributed by atoms with van der Waals surface area (Å²) < 4.78 is 0. The second kappa shape index (κ2) is 4.17. The topological polar surface area (TPSA) is 29.0 Å². The molecule has 3 nitrogen and oxygen atoms in total. The molecule has 1 fully saturated rings. The maximum atomic E-state index is 4.49. The van der Waals surface area contributed by atoms with Crippen LogP contribution in [-0.4, -0.2) is 28.3 Å². The van der Waals surface area contributed by atoms with E-state index in [9.17, 15) is 0 Å². The molecule has 1 aromatic rings. The minimum atomic E-state index is 0.466. The number of hydrogen-bond donors (Lipinski definition) is 1. The molecule has 0 amide bonds. The summed E-state index contributed by atoms with van der Waals surface area (Å²) in [5.74, 6) is 0.842. The molecular formula is C10H15N3S. The van der Waals surface area contributed by atoms with Crippen molar-refractivity contribution in [3.63, 3.8) is 0 Å². The SMILES string of the molecule is Cc1cnc(N2CCCC(S)C2)nc1. The first kappa shape index (κ1) is 9.77. The molecule has 14 heavy (non-hydrogen) atoms. The van der Waals surface area contributed by atoms with E-state index in [1.807, 2.05) is 19.3 Å². The Morgan fingerprint density at radius 3 is 2.79 bits per heavy atom. The Bertz CT molecular complexity index is 299. The highest BCUT2D eigenvalue weighted by molar-refractivity contribution is 7.81. The monoisotopic (exact) mass is 209 g/mol. The number of nitrogens with zero attached hydrogens (tertiary/aromatic N) is 3. The first-order valence-electron chi connectivity index (χ1n) is 4.97. The van der Waals surface area contributed by atoms with Crippen molar-refractivity contribution >= 4 is 18.6 Å². The summed E-state index contributed by atoms with van der Waals surface area (Å²) in [5.41, 5.74) is 1.10. The van der Waals surface area contributed by atoms with E-state index in [4.69, 9.17) is 0 Å². The Morgan fingerprint density at radius 2 is 2.14 bits per heavy atom. The average molecular weight is 209 g/mol. The van der Waals surface area contributed by atoms with Crippen LogP contribution in [0, 0.1) is 6.92 Å². The first-order valence-corrected chi connectivity index (χ1v) is 5.49. The van der Waals surface area contributed by atoms with Crippen LogP contribution >= 0.6 is 12.6 Å². The minimum absolute atomic E-state index is 0.466. The van der Waals surface area contributed by atoms with Gasteiger partial charge in [-0.1, -0.05) is 0 Å². The van der Waals surface area contributed by atoms with Crippen molar-refractivity contribution in [3.8, 4) is 0 Å². The molecule has 1 atom stereocenters. The van der Waals surface area contributed by atoms with E-state index >= 15 is 0 Å². The van der Waals surface area contributed by atoms with Gasteiger partial charge in [0.05, 0.1) is 0 Å². The zero-order valence-corrected chi connectivity index (χ0v) is 9.24. The van der Waals surface area contributed by atoms with Crippen LogP contribution in [0.4, 0.5) is 5.95 Å². The molecule has 1 aromatic heterocycles. The number of anilines is 1. The van der Waals surface area contributed by atoms with Crippen LogP contribution in [0.3, 0.4) is 0 Å². The lowest BCUT2D eigenvalue weighted by Crippen LogP contribution is -2.37. The molecule has 2 heterocycles. The van der Waals surface area contributed by atoms with Crippen LogP contribution in [0.1, 0.15) is 18.4 Å². The van der Waals surface area contributed by atoms with Crippen LogP contribution in [0.2, 0.25) is 0 Å². The fourth-order valence-corrected chi connectivity index (χ4v) is 2.07. The van der Waals surface area contributed by atoms with Gasteiger partial charge in [-0.05, 0) is 25.3 Å². The van der Waals surface area contributed by atoms with Gasteiger partial charge in [0.15, 0.2) is 0 Å². The molecular weight excluding hydrogens is 194 g/mol. The fraction of sp³-hybridized carbons (Fsp3) is 0.600. The van der Waals surface area contributed by atoms with E-state index in [-0.39, 0.29) is 0 Å². The third kappa shape index (κ3) is 2.18. The molecule has 4 heteroatoms. The molecule has 1 aliphatic rings. The molecule has 0 aliphatic carbocycles. The van der Waals surface area contributed by atoms with Gasteiger partial charge < -0.3 is 4.90 Å². The van der Waals surface area contributed by atoms with Crippen LogP contribution in [-0.2, 0) is 0 Å². The van der Waals surface area contributed by atoms with E-state index in [2.05, 4.69) is 27.5 Å². The number of thiol groups is 1. The Hall–Kier alpha value is -0.770. The lowest BCUT2D eigenvalue weighted by atomic mass is 10.1. The summed E-state index contributed by atoms with van der Waals surface area (Å²) >= 11 is 4.49. The minimum Gasteiger partial charge on any atom is -0.340 e. The summed E-state index contributed by atoms with van der Waals surface area (Å²) in [4.78, 5) is 10.8. The van der Waals surface area contributed by atoms with Crippen molar-refractivity contribution in [2.75, 3.05) is 18.0 Å². The number of hydrogen-bond acceptors (Lipinski definition) is 4. The lowest BCUT2D eigenvalue weighted by Gasteiger charge is -2.30. The summed E-state index contributed by atoms with van der Waals surface area (Å²) in [7, 11) is 0. The third-order valence-electron chi connectivity index (χ3n) is 2.45. The molecule has 0 spiro atoms. The Kier molecular flexibility index (Phi) is 2.91. The predicted octanol–water partition coefficient (Wildman–Crippen LogP) is 1.68. The highest BCUT2D eigenvalue weighted by Gasteiger charge is 2.18. The number of rotatable bonds is 1. The number of aromatic nitrogens is 2. The molecule has 0 N–H and O–H groups in total. The Labute approximate surface area is 90.0 Å². The average Bonchev–Trinajstić information content (AvgIpc) is 2.19. The van der Waals surface area contributed by atoms with Gasteiger partial charge in [-0.3, -0.25) is 0 Å². The van der Waals surface area contributed by atoms with Gasteiger partial charge >= 0.3 is 0 Å². The van der Waals surface area contributed by atoms with E-state index < -0.39 is 0 Å². The second-order valence-electron chi connectivity index (χ2n) is 3.80. The van der Waals surface area contributed by atoms with E-state index in [1.54, 1.807) is 0 Å². The smallest absolute Gasteiger partial charge is 0.225 e. The maximum Gasteiger partial charge on any atom is 0.225 e. The highest BCUT2D eigenvalue weighted by Crippen LogP contribution is 2.18. The predicted molar refractivity (Wildman–Crippen MR) is 61.0 cm³/mol. The highest BCUT2D eigenvalue weighted by atomic mass is 32.1. The van der Waals surface area contributed by atoms with Gasteiger partial charge in [0.25, 0.3) is 0 Å². The zero-order chi connectivity index (χ0) is 9.97. The van der Waals surface area contributed by atoms with Gasteiger partial charge in [0.1, 0.15) is 0 Å². The van der Waals surface area contributed by atoms with E-state index in [0.717, 1.165) is 24.6 Å². The number of piperidine rings is 1. The quantitative estimate of drug-likeness (QED) is 0.714. The van der Waals surface area contributed by atoms with Gasteiger partial charge in [-0.2, -0.15) is 12.6 Å². The van der Waals surface area contributed by atoms with Gasteiger partial charge in [-0.15, -0.1) is 0 Å². The summed E-state index contributed by atoms with van der Waals surface area (Å²) in [6, 6.07) is 0. The van der Waals surface area contributed by atoms with Crippen LogP contribution in [0.5, 0.6) is 0 Å². The molecule has 0 saturated carbocycles. The fourth-order valence-electron chi connectivity index (χ4n) is 1.69. The third-order valence-corrected chi connectivity index (χ3v) is 2.87. The van der Waals surface area contributed by atoms with Crippen molar-refractivity contribution in [2.24, 2.45) is 0 Å². The number of aryl methyl sites for hydroxylation is 1. The van der Waals surface area contributed by atoms with Crippen molar-refractivity contribution in [1.82, 2.24) is 9.97 Å². The first-order chi connectivity index (χ1) is 6.75. The maximum absolute atomic E-state index is 4.49. The van der Waals surface area contributed by atoms with E-state index in [0.29, 0.717) is 5.25 Å². The zero-order valence-electron chi connectivity index (χ0n) is 8.35. The molecule has 0 bridgehead atoms. The molecule has 1 unspecified atom stereocenters.